The zero-order valence-corrected chi connectivity index (χ0v) is 24.4. The zero-order chi connectivity index (χ0) is 23.8. The number of halogens is 1. The summed E-state index contributed by atoms with van der Waals surface area (Å²) in [6, 6.07) is 7.04. The Morgan fingerprint density at radius 2 is 1.91 bits per heavy atom. The molecule has 1 fully saturated rings. The fourth-order valence-corrected chi connectivity index (χ4v) is 5.46. The molecule has 0 spiro atoms. The molecule has 0 saturated carbocycles. The molecule has 0 aliphatic carbocycles. The molecular weight excluding hydrogens is 660 g/mol. The minimum atomic E-state index is -0.262. The Morgan fingerprint density at radius 3 is 2.54 bits per heavy atom. The summed E-state index contributed by atoms with van der Waals surface area (Å²) in [6.45, 7) is 4.91. The Morgan fingerprint density at radius 1 is 1.20 bits per heavy atom. The molecule has 2 heterocycles. The fourth-order valence-electron chi connectivity index (χ4n) is 5.11. The van der Waals surface area contributed by atoms with Crippen molar-refractivity contribution in [2.75, 3.05) is 44.2 Å². The van der Waals surface area contributed by atoms with E-state index in [0.717, 1.165) is 55.5 Å². The maximum atomic E-state index is 13.5. The second-order valence-corrected chi connectivity index (χ2v) is 9.49. The van der Waals surface area contributed by atoms with Crippen molar-refractivity contribution in [2.45, 2.75) is 51.1 Å². The molecule has 2 bridgehead atoms. The molecule has 0 N–H and O–H groups in total. The van der Waals surface area contributed by atoms with Gasteiger partial charge in [0.15, 0.2) is 5.78 Å². The minimum Gasteiger partial charge on any atom is -2.00 e. The van der Waals surface area contributed by atoms with E-state index in [9.17, 15) is 14.3 Å². The van der Waals surface area contributed by atoms with Crippen molar-refractivity contribution in [3.8, 4) is 0 Å². The number of carbonyl (C=O) groups is 1. The average molecular weight is 693 g/mol. The summed E-state index contributed by atoms with van der Waals surface area (Å²) in [5.41, 5.74) is 2.97. The minimum absolute atomic E-state index is 0. The second-order valence-electron chi connectivity index (χ2n) is 8.68. The predicted octanol–water partition coefficient (Wildman–Crippen LogP) is 2.22. The number of ketones is 1. The molecule has 1 aromatic carbocycles. The molecule has 10 heteroatoms. The van der Waals surface area contributed by atoms with Gasteiger partial charge in [0.2, 0.25) is 0 Å². The quantitative estimate of drug-likeness (QED) is 0.179. The second kappa shape index (κ2) is 16.2. The van der Waals surface area contributed by atoms with Crippen LogP contribution in [0.3, 0.4) is 0 Å². The molecule has 2 aliphatic heterocycles. The third kappa shape index (κ3) is 8.67. The van der Waals surface area contributed by atoms with E-state index in [0.29, 0.717) is 37.1 Å². The molecule has 0 aromatic heterocycles. The maximum Gasteiger partial charge on any atom is 0.160 e. The summed E-state index contributed by atoms with van der Waals surface area (Å²) in [4.78, 5) is 21.5. The van der Waals surface area contributed by atoms with Crippen LogP contribution in [0.1, 0.15) is 44.6 Å². The first-order valence-electron chi connectivity index (χ1n) is 11.8. The van der Waals surface area contributed by atoms with Gasteiger partial charge in [-0.1, -0.05) is 19.1 Å². The van der Waals surface area contributed by atoms with Crippen molar-refractivity contribution in [3.63, 3.8) is 0 Å². The van der Waals surface area contributed by atoms with Gasteiger partial charge in [0.25, 0.3) is 0 Å². The van der Waals surface area contributed by atoms with Crippen LogP contribution in [0.2, 0.25) is 0 Å². The summed E-state index contributed by atoms with van der Waals surface area (Å²) in [5.74, 6) is 0.816. The van der Waals surface area contributed by atoms with Gasteiger partial charge in [-0.05, 0) is 67.9 Å². The summed E-state index contributed by atoms with van der Waals surface area (Å²) < 4.78 is 13.5. The van der Waals surface area contributed by atoms with E-state index in [1.54, 1.807) is 12.1 Å². The van der Waals surface area contributed by atoms with E-state index < -0.39 is 0 Å². The topological polar surface area (TPSA) is 87.5 Å². The molecule has 35 heavy (non-hydrogen) atoms. The van der Waals surface area contributed by atoms with Gasteiger partial charge < -0.3 is 45.7 Å². The molecule has 6 nitrogen and oxygen atoms in total. The molecule has 197 valence electrons. The van der Waals surface area contributed by atoms with Crippen LogP contribution in [0.25, 0.3) is 5.57 Å². The molecule has 1 unspecified atom stereocenters. The van der Waals surface area contributed by atoms with Crippen LogP contribution in [0, 0.1) is 5.82 Å². The Hall–Kier alpha value is -0.728. The first-order valence-corrected chi connectivity index (χ1v) is 13.0. The number of nitrogens with zero attached hydrogens (tertiary/aromatic N) is 3. The normalized spacial score (nSPS) is 20.1. The molecule has 1 aromatic rings. The number of aliphatic imine (C=N–C) groups is 1. The van der Waals surface area contributed by atoms with Crippen molar-refractivity contribution in [1.29, 1.82) is 0 Å². The Labute approximate surface area is 233 Å². The number of fused-ring (bicyclic) bond motifs is 2. The molecular formula is C25H33FN3O3ReS2-5. The molecule has 1 saturated heterocycles. The molecule has 2 atom stereocenters. The van der Waals surface area contributed by atoms with Gasteiger partial charge in [-0.2, -0.15) is 11.5 Å². The van der Waals surface area contributed by atoms with Gasteiger partial charge >= 0.3 is 0 Å². The summed E-state index contributed by atoms with van der Waals surface area (Å²) in [6.07, 6.45) is 4.22. The number of Topliss-reactive ketones (excluding diaryl/α,β-unsaturated/α-hetero) is 1. The number of hydrogen-bond donors (Lipinski definition) is 0. The summed E-state index contributed by atoms with van der Waals surface area (Å²) in [7, 11) is 0. The first kappa shape index (κ1) is 32.3. The monoisotopic (exact) mass is 693 g/mol. The van der Waals surface area contributed by atoms with Gasteiger partial charge in [0.1, 0.15) is 5.82 Å². The molecule has 1 radical (unpaired) electrons. The van der Waals surface area contributed by atoms with E-state index in [1.165, 1.54) is 12.1 Å². The number of hydrogen-bond acceptors (Lipinski definition) is 7. The van der Waals surface area contributed by atoms with Crippen molar-refractivity contribution < 1.29 is 40.2 Å². The van der Waals surface area contributed by atoms with Crippen LogP contribution in [0.5, 0.6) is 0 Å². The molecule has 2 aliphatic rings. The van der Waals surface area contributed by atoms with Crippen LogP contribution in [-0.4, -0.2) is 77.8 Å². The van der Waals surface area contributed by atoms with E-state index in [1.807, 2.05) is 6.92 Å². The van der Waals surface area contributed by atoms with Crippen molar-refractivity contribution in [1.82, 2.24) is 9.80 Å². The van der Waals surface area contributed by atoms with Crippen molar-refractivity contribution in [2.24, 2.45) is 4.99 Å². The van der Waals surface area contributed by atoms with Crippen molar-refractivity contribution >= 4 is 42.5 Å². The smallest absolute Gasteiger partial charge is 0.160 e. The zero-order valence-electron chi connectivity index (χ0n) is 20.1. The standard InChI is InChI=1S/C25H36FN3O2S2.O.Re/c1-2-23(30)25-21(18-4-6-19(26)7-5-18)16-20-8-9-22(25)29(20)12-3-11-28(13-15-33)17-24(31)27-10-14-32;;/h4-7,20,22,32-33H,2-3,8-17H2,1H3,(H,27,31);;/q;-2;/p-3/t20?,22-;;/m1../s1. The molecule has 3 rings (SSSR count). The van der Waals surface area contributed by atoms with Crippen LogP contribution < -0.4 is 5.11 Å². The third-order valence-electron chi connectivity index (χ3n) is 6.59. The first-order chi connectivity index (χ1) is 16.0. The Balaban J connectivity index is 0.00000306. The maximum absolute atomic E-state index is 13.5. The fraction of sp³-hybridized carbons (Fsp3) is 0.600. The van der Waals surface area contributed by atoms with Gasteiger partial charge in [0, 0.05) is 64.1 Å². The Bertz CT molecular complexity index is 870. The van der Waals surface area contributed by atoms with Gasteiger partial charge in [0.05, 0.1) is 0 Å². The van der Waals surface area contributed by atoms with Gasteiger partial charge in [-0.15, -0.1) is 0 Å². The van der Waals surface area contributed by atoms with E-state index in [-0.39, 0.29) is 56.0 Å². The largest absolute Gasteiger partial charge is 2.00 e. The number of benzene rings is 1. The van der Waals surface area contributed by atoms with E-state index >= 15 is 0 Å². The van der Waals surface area contributed by atoms with Crippen molar-refractivity contribution in [3.05, 3.63) is 41.2 Å². The van der Waals surface area contributed by atoms with Gasteiger partial charge in [-0.25, -0.2) is 4.39 Å². The predicted molar refractivity (Wildman–Crippen MR) is 135 cm³/mol. The SMILES string of the molecule is CCC(=O)C1=C(c2ccc(F)cc2)CC2CC[C@H]1N2CCCN(CC[S-])CC([O-])=NCC[S-].[O-2].[Re]. The Kier molecular flexibility index (Phi) is 14.9. The van der Waals surface area contributed by atoms with Crippen LogP contribution >= 0.6 is 0 Å². The third-order valence-corrected chi connectivity index (χ3v) is 6.96. The average Bonchev–Trinajstić information content (AvgIpc) is 3.08. The van der Waals surface area contributed by atoms with E-state index in [4.69, 9.17) is 25.3 Å². The number of carbonyl (C=O) groups excluding carboxylic acids is 1. The summed E-state index contributed by atoms with van der Waals surface area (Å²) >= 11 is 10.00. The number of rotatable bonds is 13. The van der Waals surface area contributed by atoms with Gasteiger partial charge in [-0.3, -0.25) is 9.69 Å². The molecule has 0 amide bonds. The van der Waals surface area contributed by atoms with E-state index in [2.05, 4.69) is 14.8 Å². The summed E-state index contributed by atoms with van der Waals surface area (Å²) in [5, 5.41) is 12.0. The van der Waals surface area contributed by atoms with Crippen LogP contribution in [-0.2, 0) is 56.0 Å². The van der Waals surface area contributed by atoms with Crippen LogP contribution in [0.15, 0.2) is 34.8 Å². The van der Waals surface area contributed by atoms with Crippen LogP contribution in [0.4, 0.5) is 4.39 Å².